The summed E-state index contributed by atoms with van der Waals surface area (Å²) in [7, 11) is 1.55. The molecule has 0 fully saturated rings. The number of hydrogen-bond donors (Lipinski definition) is 0. The van der Waals surface area contributed by atoms with Crippen molar-refractivity contribution in [2.75, 3.05) is 7.11 Å². The highest BCUT2D eigenvalue weighted by atomic mass is 35.5. The molecule has 0 unspecified atom stereocenters. The molecular weight excluding hydrogens is 270 g/mol. The van der Waals surface area contributed by atoms with E-state index >= 15 is 0 Å². The number of nitrogens with zero attached hydrogens (tertiary/aromatic N) is 1. The third-order valence-electron chi connectivity index (χ3n) is 2.40. The van der Waals surface area contributed by atoms with E-state index in [0.29, 0.717) is 17.2 Å². The first-order valence-corrected chi connectivity index (χ1v) is 5.74. The van der Waals surface area contributed by atoms with Gasteiger partial charge in [-0.15, -0.1) is 0 Å². The lowest BCUT2D eigenvalue weighted by Crippen LogP contribution is -1.90. The van der Waals surface area contributed by atoms with Crippen LogP contribution in [0.4, 0.5) is 5.69 Å². The van der Waals surface area contributed by atoms with Crippen LogP contribution in [0.25, 0.3) is 0 Å². The Labute approximate surface area is 114 Å². The standard InChI is InChI=1S/C13H10ClNO4/c1-18-10-3-2-4-11(8-10)19-13-6-5-9(15(16)17)7-12(13)14/h2-8H,1H3. The fourth-order valence-corrected chi connectivity index (χ4v) is 1.69. The summed E-state index contributed by atoms with van der Waals surface area (Å²) in [5.41, 5.74) is -0.0806. The fraction of sp³-hybridized carbons (Fsp3) is 0.0769. The van der Waals surface area contributed by atoms with E-state index < -0.39 is 4.92 Å². The van der Waals surface area contributed by atoms with Crippen LogP contribution in [0.2, 0.25) is 5.02 Å². The van der Waals surface area contributed by atoms with Crippen LogP contribution in [-0.4, -0.2) is 12.0 Å². The largest absolute Gasteiger partial charge is 0.497 e. The zero-order valence-corrected chi connectivity index (χ0v) is 10.8. The van der Waals surface area contributed by atoms with Gasteiger partial charge < -0.3 is 9.47 Å². The average molecular weight is 280 g/mol. The molecule has 0 amide bonds. The predicted molar refractivity (Wildman–Crippen MR) is 71.2 cm³/mol. The van der Waals surface area contributed by atoms with Crippen molar-refractivity contribution in [1.82, 2.24) is 0 Å². The van der Waals surface area contributed by atoms with Gasteiger partial charge in [-0.2, -0.15) is 0 Å². The second-order valence-electron chi connectivity index (χ2n) is 3.65. The molecule has 0 aromatic heterocycles. The van der Waals surface area contributed by atoms with Crippen LogP contribution >= 0.6 is 11.6 Å². The number of hydrogen-bond acceptors (Lipinski definition) is 4. The Hall–Kier alpha value is -2.27. The molecule has 2 aromatic rings. The number of halogens is 1. The molecule has 5 nitrogen and oxygen atoms in total. The van der Waals surface area contributed by atoms with Crippen molar-refractivity contribution in [3.05, 3.63) is 57.6 Å². The minimum atomic E-state index is -0.513. The summed E-state index contributed by atoms with van der Waals surface area (Å²) >= 11 is 5.94. The van der Waals surface area contributed by atoms with E-state index in [-0.39, 0.29) is 10.7 Å². The van der Waals surface area contributed by atoms with E-state index in [2.05, 4.69) is 0 Å². The van der Waals surface area contributed by atoms with Gasteiger partial charge in [-0.05, 0) is 18.2 Å². The van der Waals surface area contributed by atoms with Crippen LogP contribution in [0.5, 0.6) is 17.2 Å². The maximum absolute atomic E-state index is 10.6. The van der Waals surface area contributed by atoms with Crippen molar-refractivity contribution in [1.29, 1.82) is 0 Å². The lowest BCUT2D eigenvalue weighted by Gasteiger charge is -2.08. The Morgan fingerprint density at radius 1 is 1.16 bits per heavy atom. The monoisotopic (exact) mass is 279 g/mol. The topological polar surface area (TPSA) is 61.6 Å². The van der Waals surface area contributed by atoms with Crippen LogP contribution in [0, 0.1) is 10.1 Å². The summed E-state index contributed by atoms with van der Waals surface area (Å²) in [4.78, 5) is 10.1. The second kappa shape index (κ2) is 5.58. The highest BCUT2D eigenvalue weighted by molar-refractivity contribution is 6.32. The predicted octanol–water partition coefficient (Wildman–Crippen LogP) is 4.05. The lowest BCUT2D eigenvalue weighted by atomic mass is 10.3. The maximum atomic E-state index is 10.6. The van der Waals surface area contributed by atoms with Gasteiger partial charge in [0.05, 0.1) is 17.1 Å². The molecule has 0 aliphatic rings. The summed E-state index contributed by atoms with van der Waals surface area (Å²) in [5, 5.41) is 10.8. The molecule has 0 atom stereocenters. The number of nitro benzene ring substituents is 1. The zero-order chi connectivity index (χ0) is 13.8. The van der Waals surface area contributed by atoms with E-state index in [1.807, 2.05) is 0 Å². The SMILES string of the molecule is COc1cccc(Oc2ccc([N+](=O)[O-])cc2Cl)c1. The van der Waals surface area contributed by atoms with Gasteiger partial charge in [-0.1, -0.05) is 17.7 Å². The van der Waals surface area contributed by atoms with E-state index in [4.69, 9.17) is 21.1 Å². The van der Waals surface area contributed by atoms with Crippen molar-refractivity contribution >= 4 is 17.3 Å². The average Bonchev–Trinajstić information content (AvgIpc) is 2.41. The number of ether oxygens (including phenoxy) is 2. The third kappa shape index (κ3) is 3.14. The molecule has 0 heterocycles. The van der Waals surface area contributed by atoms with Gasteiger partial charge in [0.15, 0.2) is 0 Å². The Balaban J connectivity index is 2.25. The van der Waals surface area contributed by atoms with Gasteiger partial charge >= 0.3 is 0 Å². The molecule has 0 bridgehead atoms. The molecule has 98 valence electrons. The highest BCUT2D eigenvalue weighted by Crippen LogP contribution is 2.33. The van der Waals surface area contributed by atoms with Crippen LogP contribution in [-0.2, 0) is 0 Å². The normalized spacial score (nSPS) is 10.0. The van der Waals surface area contributed by atoms with Crippen molar-refractivity contribution in [2.45, 2.75) is 0 Å². The molecule has 6 heteroatoms. The van der Waals surface area contributed by atoms with Gasteiger partial charge in [0, 0.05) is 18.2 Å². The fourth-order valence-electron chi connectivity index (χ4n) is 1.48. The van der Waals surface area contributed by atoms with Crippen LogP contribution in [0.1, 0.15) is 0 Å². The second-order valence-corrected chi connectivity index (χ2v) is 4.06. The molecule has 0 aliphatic heterocycles. The van der Waals surface area contributed by atoms with Crippen molar-refractivity contribution in [2.24, 2.45) is 0 Å². The smallest absolute Gasteiger partial charge is 0.271 e. The van der Waals surface area contributed by atoms with Gasteiger partial charge in [0.2, 0.25) is 0 Å². The molecule has 0 aliphatic carbocycles. The first-order valence-electron chi connectivity index (χ1n) is 5.36. The minimum Gasteiger partial charge on any atom is -0.497 e. The van der Waals surface area contributed by atoms with Crippen molar-refractivity contribution < 1.29 is 14.4 Å². The lowest BCUT2D eigenvalue weighted by molar-refractivity contribution is -0.384. The van der Waals surface area contributed by atoms with E-state index in [9.17, 15) is 10.1 Å². The summed E-state index contributed by atoms with van der Waals surface area (Å²) in [6, 6.07) is 11.0. The third-order valence-corrected chi connectivity index (χ3v) is 2.69. The minimum absolute atomic E-state index is 0.0806. The number of benzene rings is 2. The number of nitro groups is 1. The molecule has 0 N–H and O–H groups in total. The first kappa shape index (κ1) is 13.2. The molecule has 2 rings (SSSR count). The summed E-state index contributed by atoms with van der Waals surface area (Å²) in [5.74, 6) is 1.53. The molecule has 0 saturated carbocycles. The Morgan fingerprint density at radius 2 is 1.89 bits per heavy atom. The first-order chi connectivity index (χ1) is 9.10. The molecule has 0 saturated heterocycles. The maximum Gasteiger partial charge on any atom is 0.271 e. The summed E-state index contributed by atoms with van der Waals surface area (Å²) < 4.78 is 10.6. The number of methoxy groups -OCH3 is 1. The molecule has 19 heavy (non-hydrogen) atoms. The van der Waals surface area contributed by atoms with Gasteiger partial charge in [0.25, 0.3) is 5.69 Å². The quantitative estimate of drug-likeness (QED) is 0.626. The molecule has 2 aromatic carbocycles. The van der Waals surface area contributed by atoms with Crippen LogP contribution < -0.4 is 9.47 Å². The van der Waals surface area contributed by atoms with Gasteiger partial charge in [0.1, 0.15) is 17.2 Å². The number of non-ortho nitro benzene ring substituents is 1. The van der Waals surface area contributed by atoms with Crippen LogP contribution in [0.3, 0.4) is 0 Å². The molecule has 0 radical (unpaired) electrons. The molecule has 0 spiro atoms. The van der Waals surface area contributed by atoms with Gasteiger partial charge in [-0.25, -0.2) is 0 Å². The summed E-state index contributed by atoms with van der Waals surface area (Å²) in [6.45, 7) is 0. The van der Waals surface area contributed by atoms with Gasteiger partial charge in [-0.3, -0.25) is 10.1 Å². The Morgan fingerprint density at radius 3 is 2.53 bits per heavy atom. The van der Waals surface area contributed by atoms with E-state index in [1.54, 1.807) is 31.4 Å². The Kier molecular flexibility index (Phi) is 3.87. The number of rotatable bonds is 4. The van der Waals surface area contributed by atoms with Crippen molar-refractivity contribution in [3.63, 3.8) is 0 Å². The zero-order valence-electron chi connectivity index (χ0n) is 10.00. The highest BCUT2D eigenvalue weighted by Gasteiger charge is 2.11. The molecular formula is C13H10ClNO4. The Bertz CT molecular complexity index is 615. The van der Waals surface area contributed by atoms with E-state index in [1.165, 1.54) is 18.2 Å². The van der Waals surface area contributed by atoms with Crippen LogP contribution in [0.15, 0.2) is 42.5 Å². The van der Waals surface area contributed by atoms with E-state index in [0.717, 1.165) is 0 Å². The van der Waals surface area contributed by atoms with Crippen molar-refractivity contribution in [3.8, 4) is 17.2 Å². The summed E-state index contributed by atoms with van der Waals surface area (Å²) in [6.07, 6.45) is 0.